The van der Waals surface area contributed by atoms with Crippen LogP contribution in [0.2, 0.25) is 0 Å². The third kappa shape index (κ3) is 4.40. The molecular formula is C52H45NO. The van der Waals surface area contributed by atoms with Gasteiger partial charge in [-0.1, -0.05) is 138 Å². The zero-order chi connectivity index (χ0) is 36.3. The van der Waals surface area contributed by atoms with E-state index in [1.165, 1.54) is 104 Å². The van der Waals surface area contributed by atoms with Crippen molar-refractivity contribution in [3.63, 3.8) is 0 Å². The summed E-state index contributed by atoms with van der Waals surface area (Å²) >= 11 is 0. The fourth-order valence-corrected chi connectivity index (χ4v) is 10.7. The van der Waals surface area contributed by atoms with Crippen LogP contribution < -0.4 is 4.90 Å². The van der Waals surface area contributed by atoms with Crippen LogP contribution in [0.1, 0.15) is 93.5 Å². The number of nitrogens with zero attached hydrogens (tertiary/aromatic N) is 1. The Bertz CT molecular complexity index is 2810. The summed E-state index contributed by atoms with van der Waals surface area (Å²) in [6.07, 6.45) is 6.44. The molecule has 11 rings (SSSR count). The zero-order valence-corrected chi connectivity index (χ0v) is 31.7. The molecule has 0 spiro atoms. The maximum Gasteiger partial charge on any atom is 0.159 e. The average Bonchev–Trinajstić information content (AvgIpc) is 3.78. The predicted octanol–water partition coefficient (Wildman–Crippen LogP) is 14.9. The van der Waals surface area contributed by atoms with Gasteiger partial charge in [0.2, 0.25) is 0 Å². The minimum absolute atomic E-state index is 0.0271. The van der Waals surface area contributed by atoms with Gasteiger partial charge in [-0.15, -0.1) is 0 Å². The van der Waals surface area contributed by atoms with Crippen LogP contribution in [0.3, 0.4) is 0 Å². The molecule has 0 radical (unpaired) electrons. The van der Waals surface area contributed by atoms with E-state index in [9.17, 15) is 0 Å². The molecule has 3 aliphatic rings. The number of hydrogen-bond acceptors (Lipinski definition) is 2. The molecule has 0 aliphatic heterocycles. The van der Waals surface area contributed by atoms with Crippen LogP contribution in [0.4, 0.5) is 17.1 Å². The molecule has 1 saturated carbocycles. The second kappa shape index (κ2) is 11.5. The molecule has 0 atom stereocenters. The van der Waals surface area contributed by atoms with Crippen molar-refractivity contribution in [3.05, 3.63) is 161 Å². The molecule has 264 valence electrons. The lowest BCUT2D eigenvalue weighted by Crippen LogP contribution is -2.17. The third-order valence-electron chi connectivity index (χ3n) is 13.4. The number of anilines is 3. The van der Waals surface area contributed by atoms with Gasteiger partial charge in [-0.3, -0.25) is 0 Å². The highest BCUT2D eigenvalue weighted by Crippen LogP contribution is 2.57. The molecule has 1 fully saturated rings. The van der Waals surface area contributed by atoms with Crippen LogP contribution in [0.25, 0.3) is 55.0 Å². The van der Waals surface area contributed by atoms with E-state index in [0.29, 0.717) is 5.92 Å². The van der Waals surface area contributed by atoms with Gasteiger partial charge in [0, 0.05) is 33.0 Å². The van der Waals surface area contributed by atoms with Gasteiger partial charge < -0.3 is 9.32 Å². The highest BCUT2D eigenvalue weighted by Gasteiger charge is 2.42. The van der Waals surface area contributed by atoms with E-state index >= 15 is 0 Å². The summed E-state index contributed by atoms with van der Waals surface area (Å²) < 4.78 is 7.03. The molecule has 3 aliphatic carbocycles. The van der Waals surface area contributed by atoms with Crippen LogP contribution in [-0.4, -0.2) is 0 Å². The van der Waals surface area contributed by atoms with E-state index in [1.54, 1.807) is 0 Å². The molecule has 0 saturated heterocycles. The summed E-state index contributed by atoms with van der Waals surface area (Å²) in [5, 5.41) is 4.97. The van der Waals surface area contributed by atoms with Gasteiger partial charge in [-0.25, -0.2) is 0 Å². The molecule has 1 aromatic heterocycles. The van der Waals surface area contributed by atoms with Gasteiger partial charge in [0.25, 0.3) is 0 Å². The van der Waals surface area contributed by atoms with Gasteiger partial charge in [0.1, 0.15) is 5.58 Å². The van der Waals surface area contributed by atoms with Gasteiger partial charge in [-0.05, 0) is 122 Å². The van der Waals surface area contributed by atoms with Gasteiger partial charge >= 0.3 is 0 Å². The van der Waals surface area contributed by atoms with E-state index in [1.807, 2.05) is 0 Å². The lowest BCUT2D eigenvalue weighted by Gasteiger charge is -2.27. The first-order valence-electron chi connectivity index (χ1n) is 20.0. The monoisotopic (exact) mass is 699 g/mol. The molecular weight excluding hydrogens is 655 g/mol. The van der Waals surface area contributed by atoms with Crippen molar-refractivity contribution in [3.8, 4) is 22.3 Å². The maximum atomic E-state index is 7.03. The molecule has 2 heteroatoms. The van der Waals surface area contributed by atoms with E-state index in [2.05, 4.69) is 166 Å². The Morgan fingerprint density at radius 1 is 0.500 bits per heavy atom. The summed E-state index contributed by atoms with van der Waals surface area (Å²) in [6.45, 7) is 9.60. The van der Waals surface area contributed by atoms with Crippen LogP contribution in [-0.2, 0) is 10.8 Å². The number of fused-ring (bicyclic) bond motifs is 11. The molecule has 2 nitrogen and oxygen atoms in total. The van der Waals surface area contributed by atoms with Crippen LogP contribution in [0, 0.1) is 0 Å². The van der Waals surface area contributed by atoms with Crippen molar-refractivity contribution < 1.29 is 4.42 Å². The Morgan fingerprint density at radius 2 is 1.20 bits per heavy atom. The van der Waals surface area contributed by atoms with Crippen LogP contribution in [0.5, 0.6) is 0 Å². The van der Waals surface area contributed by atoms with Crippen LogP contribution in [0.15, 0.2) is 138 Å². The Hall–Kier alpha value is -5.60. The summed E-state index contributed by atoms with van der Waals surface area (Å²) in [7, 11) is 0. The fraction of sp³-hybridized carbons (Fsp3) is 0.231. The highest BCUT2D eigenvalue weighted by atomic mass is 16.3. The molecule has 0 N–H and O–H groups in total. The first kappa shape index (κ1) is 31.9. The molecule has 0 bridgehead atoms. The SMILES string of the molecule is CC1(C)c2ccccc2-c2cc3c(cc21)-c1ccc2cc(N(c4ccccc4)c4cccc5c4oc4c(C6CCCCC6)cccc45)ccc2c1C3(C)C. The lowest BCUT2D eigenvalue weighted by atomic mass is 9.78. The van der Waals surface area contributed by atoms with Crippen LogP contribution >= 0.6 is 0 Å². The zero-order valence-electron chi connectivity index (χ0n) is 31.7. The van der Waals surface area contributed by atoms with Crippen molar-refractivity contribution in [2.45, 2.75) is 76.5 Å². The summed E-state index contributed by atoms with van der Waals surface area (Å²) in [5.41, 5.74) is 17.8. The first-order chi connectivity index (χ1) is 26.3. The second-order valence-electron chi connectivity index (χ2n) is 17.1. The minimum atomic E-state index is -0.141. The van der Waals surface area contributed by atoms with E-state index in [4.69, 9.17) is 4.42 Å². The Balaban J connectivity index is 1.07. The Labute approximate surface area is 318 Å². The number of rotatable bonds is 4. The number of hydrogen-bond donors (Lipinski definition) is 0. The molecule has 8 aromatic rings. The average molecular weight is 700 g/mol. The standard InChI is InChI=1S/C52H45NO/c1-51(2)44-23-12-11-19-38(44)42-30-46-43(31-45(42)51)39-27-25-33-29-35(26-28-36(33)48(39)52(46,3)4)53(34-17-9-6-10-18-34)47-24-14-22-41-40-21-13-20-37(49(40)54-50(41)47)32-15-7-5-8-16-32/h6,9-14,17-32H,5,7-8,15-16H2,1-4H3. The number of para-hydroxylation sites is 3. The molecule has 54 heavy (non-hydrogen) atoms. The van der Waals surface area contributed by atoms with Gasteiger partial charge in [0.15, 0.2) is 5.58 Å². The van der Waals surface area contributed by atoms with E-state index < -0.39 is 0 Å². The normalized spacial score (nSPS) is 16.7. The van der Waals surface area contributed by atoms with Gasteiger partial charge in [-0.2, -0.15) is 0 Å². The number of furan rings is 1. The second-order valence-corrected chi connectivity index (χ2v) is 17.1. The molecule has 1 heterocycles. The minimum Gasteiger partial charge on any atom is -0.454 e. The maximum absolute atomic E-state index is 7.03. The van der Waals surface area contributed by atoms with Gasteiger partial charge in [0.05, 0.1) is 5.69 Å². The largest absolute Gasteiger partial charge is 0.454 e. The molecule has 0 amide bonds. The van der Waals surface area contributed by atoms with Crippen molar-refractivity contribution in [2.24, 2.45) is 0 Å². The topological polar surface area (TPSA) is 16.4 Å². The quantitative estimate of drug-likeness (QED) is 0.182. The van der Waals surface area contributed by atoms with Crippen molar-refractivity contribution in [2.75, 3.05) is 4.90 Å². The highest BCUT2D eigenvalue weighted by molar-refractivity contribution is 6.11. The molecule has 7 aromatic carbocycles. The smallest absolute Gasteiger partial charge is 0.159 e. The number of benzene rings is 7. The lowest BCUT2D eigenvalue weighted by molar-refractivity contribution is 0.442. The Morgan fingerprint density at radius 3 is 2.02 bits per heavy atom. The summed E-state index contributed by atoms with van der Waals surface area (Å²) in [6, 6.07) is 50.1. The first-order valence-corrected chi connectivity index (χ1v) is 20.0. The summed E-state index contributed by atoms with van der Waals surface area (Å²) in [5.74, 6) is 0.567. The van der Waals surface area contributed by atoms with Crippen molar-refractivity contribution in [1.29, 1.82) is 0 Å². The van der Waals surface area contributed by atoms with Crippen molar-refractivity contribution >= 4 is 49.8 Å². The van der Waals surface area contributed by atoms with E-state index in [0.717, 1.165) is 28.2 Å². The third-order valence-corrected chi connectivity index (χ3v) is 13.4. The predicted molar refractivity (Wildman–Crippen MR) is 227 cm³/mol. The summed E-state index contributed by atoms with van der Waals surface area (Å²) in [4.78, 5) is 2.39. The Kier molecular flexibility index (Phi) is 6.76. The van der Waals surface area contributed by atoms with Crippen molar-refractivity contribution in [1.82, 2.24) is 0 Å². The fourth-order valence-electron chi connectivity index (χ4n) is 10.7. The van der Waals surface area contributed by atoms with E-state index in [-0.39, 0.29) is 10.8 Å². The molecule has 0 unspecified atom stereocenters.